The Morgan fingerprint density at radius 2 is 2.46 bits per heavy atom. The Balaban J connectivity index is 3.01. The summed E-state index contributed by atoms with van der Waals surface area (Å²) in [4.78, 5) is 3.88. The smallest absolute Gasteiger partial charge is 0.141 e. The number of nitrogen functional groups attached to an aromatic ring is 1. The molecule has 1 aromatic heterocycles. The van der Waals surface area contributed by atoms with Crippen LogP contribution in [0.1, 0.15) is 11.1 Å². The SMILES string of the molecule is N#Cc1cc(C=CCS)cnc1N. The van der Waals surface area contributed by atoms with Crippen molar-refractivity contribution in [3.8, 4) is 6.07 Å². The van der Waals surface area contributed by atoms with Crippen molar-refractivity contribution in [2.75, 3.05) is 11.5 Å². The van der Waals surface area contributed by atoms with E-state index in [2.05, 4.69) is 17.6 Å². The fourth-order valence-electron chi connectivity index (χ4n) is 0.861. The average molecular weight is 191 g/mol. The van der Waals surface area contributed by atoms with Crippen LogP contribution in [0.3, 0.4) is 0 Å². The summed E-state index contributed by atoms with van der Waals surface area (Å²) in [7, 11) is 0. The molecule has 0 unspecified atom stereocenters. The Bertz CT molecular complexity index is 366. The molecule has 0 amide bonds. The van der Waals surface area contributed by atoms with E-state index in [0.717, 1.165) is 5.56 Å². The van der Waals surface area contributed by atoms with Crippen molar-refractivity contribution in [3.63, 3.8) is 0 Å². The van der Waals surface area contributed by atoms with Crippen molar-refractivity contribution < 1.29 is 0 Å². The highest BCUT2D eigenvalue weighted by Gasteiger charge is 1.98. The van der Waals surface area contributed by atoms with Gasteiger partial charge in [-0.3, -0.25) is 0 Å². The highest BCUT2D eigenvalue weighted by Crippen LogP contribution is 2.10. The molecular weight excluding hydrogens is 182 g/mol. The standard InChI is InChI=1S/C9H9N3S/c10-5-8-4-7(2-1-3-13)6-12-9(8)11/h1-2,4,6,13H,3H2,(H2,11,12). The summed E-state index contributed by atoms with van der Waals surface area (Å²) in [5.41, 5.74) is 6.72. The lowest BCUT2D eigenvalue weighted by molar-refractivity contribution is 1.30. The number of anilines is 1. The van der Waals surface area contributed by atoms with Gasteiger partial charge in [-0.25, -0.2) is 4.98 Å². The summed E-state index contributed by atoms with van der Waals surface area (Å²) >= 11 is 4.02. The molecule has 66 valence electrons. The van der Waals surface area contributed by atoms with Crippen LogP contribution >= 0.6 is 12.6 Å². The Hall–Kier alpha value is -1.47. The topological polar surface area (TPSA) is 62.7 Å². The van der Waals surface area contributed by atoms with Crippen LogP contribution in [0.4, 0.5) is 5.82 Å². The number of nitriles is 1. The van der Waals surface area contributed by atoms with Crippen LogP contribution in [-0.2, 0) is 0 Å². The summed E-state index contributed by atoms with van der Waals surface area (Å²) < 4.78 is 0. The first-order valence-electron chi connectivity index (χ1n) is 3.71. The Morgan fingerprint density at radius 3 is 3.08 bits per heavy atom. The van der Waals surface area contributed by atoms with Crippen LogP contribution in [-0.4, -0.2) is 10.7 Å². The minimum Gasteiger partial charge on any atom is -0.383 e. The van der Waals surface area contributed by atoms with Gasteiger partial charge in [0.25, 0.3) is 0 Å². The zero-order chi connectivity index (χ0) is 9.68. The zero-order valence-corrected chi connectivity index (χ0v) is 7.83. The maximum absolute atomic E-state index is 8.66. The van der Waals surface area contributed by atoms with E-state index in [0.29, 0.717) is 11.3 Å². The molecule has 0 saturated heterocycles. The summed E-state index contributed by atoms with van der Waals surface area (Å²) in [6.07, 6.45) is 5.34. The van der Waals surface area contributed by atoms with Gasteiger partial charge >= 0.3 is 0 Å². The molecule has 2 N–H and O–H groups in total. The highest BCUT2D eigenvalue weighted by molar-refractivity contribution is 7.80. The molecule has 0 aliphatic heterocycles. The van der Waals surface area contributed by atoms with Crippen LogP contribution in [0.5, 0.6) is 0 Å². The second kappa shape index (κ2) is 4.53. The van der Waals surface area contributed by atoms with Gasteiger partial charge in [-0.2, -0.15) is 17.9 Å². The van der Waals surface area contributed by atoms with E-state index in [1.165, 1.54) is 0 Å². The first-order chi connectivity index (χ1) is 6.27. The zero-order valence-electron chi connectivity index (χ0n) is 6.94. The van der Waals surface area contributed by atoms with Crippen LogP contribution < -0.4 is 5.73 Å². The number of hydrogen-bond donors (Lipinski definition) is 2. The largest absolute Gasteiger partial charge is 0.383 e. The third-order valence-corrected chi connectivity index (χ3v) is 1.69. The number of nitrogens with two attached hydrogens (primary N) is 1. The molecule has 3 nitrogen and oxygen atoms in total. The summed E-state index contributed by atoms with van der Waals surface area (Å²) in [5, 5.41) is 8.66. The van der Waals surface area contributed by atoms with Gasteiger partial charge < -0.3 is 5.73 Å². The summed E-state index contributed by atoms with van der Waals surface area (Å²) in [6, 6.07) is 3.67. The third kappa shape index (κ3) is 2.49. The predicted octanol–water partition coefficient (Wildman–Crippen LogP) is 1.48. The molecule has 0 aromatic carbocycles. The van der Waals surface area contributed by atoms with E-state index >= 15 is 0 Å². The van der Waals surface area contributed by atoms with E-state index in [-0.39, 0.29) is 5.82 Å². The summed E-state index contributed by atoms with van der Waals surface area (Å²) in [5.74, 6) is 0.928. The number of rotatable bonds is 2. The van der Waals surface area contributed by atoms with E-state index < -0.39 is 0 Å². The van der Waals surface area contributed by atoms with Crippen LogP contribution in [0, 0.1) is 11.3 Å². The number of nitrogens with zero attached hydrogens (tertiary/aromatic N) is 2. The van der Waals surface area contributed by atoms with Gasteiger partial charge in [0, 0.05) is 11.9 Å². The second-order valence-corrected chi connectivity index (χ2v) is 2.76. The van der Waals surface area contributed by atoms with Crippen molar-refractivity contribution in [1.82, 2.24) is 4.98 Å². The minimum atomic E-state index is 0.269. The Labute approximate surface area is 82.3 Å². The van der Waals surface area contributed by atoms with E-state index in [1.807, 2.05) is 18.2 Å². The molecule has 0 saturated carbocycles. The second-order valence-electron chi connectivity index (χ2n) is 2.40. The molecule has 0 bridgehead atoms. The van der Waals surface area contributed by atoms with Crippen molar-refractivity contribution in [2.24, 2.45) is 0 Å². The van der Waals surface area contributed by atoms with Gasteiger partial charge in [-0.05, 0) is 11.6 Å². The molecular formula is C9H9N3S. The van der Waals surface area contributed by atoms with E-state index in [9.17, 15) is 0 Å². The molecule has 0 aliphatic carbocycles. The van der Waals surface area contributed by atoms with Crippen LogP contribution in [0.15, 0.2) is 18.3 Å². The maximum atomic E-state index is 8.66. The average Bonchev–Trinajstić information content (AvgIpc) is 2.16. The van der Waals surface area contributed by atoms with Crippen LogP contribution in [0.2, 0.25) is 0 Å². The minimum absolute atomic E-state index is 0.269. The van der Waals surface area contributed by atoms with Gasteiger partial charge in [0.15, 0.2) is 0 Å². The number of pyridine rings is 1. The number of aromatic nitrogens is 1. The highest BCUT2D eigenvalue weighted by atomic mass is 32.1. The van der Waals surface area contributed by atoms with Crippen molar-refractivity contribution >= 4 is 24.5 Å². The van der Waals surface area contributed by atoms with E-state index in [4.69, 9.17) is 11.0 Å². The maximum Gasteiger partial charge on any atom is 0.141 e. The summed E-state index contributed by atoms with van der Waals surface area (Å²) in [6.45, 7) is 0. The lowest BCUT2D eigenvalue weighted by Gasteiger charge is -1.96. The Kier molecular flexibility index (Phi) is 3.35. The molecule has 4 heteroatoms. The quantitative estimate of drug-likeness (QED) is 0.696. The predicted molar refractivity (Wildman–Crippen MR) is 56.3 cm³/mol. The van der Waals surface area contributed by atoms with Gasteiger partial charge in [-0.15, -0.1) is 0 Å². The van der Waals surface area contributed by atoms with Crippen LogP contribution in [0.25, 0.3) is 6.08 Å². The fourth-order valence-corrected chi connectivity index (χ4v) is 0.966. The lowest BCUT2D eigenvalue weighted by Crippen LogP contribution is -1.94. The van der Waals surface area contributed by atoms with Crippen molar-refractivity contribution in [1.29, 1.82) is 5.26 Å². The first-order valence-corrected chi connectivity index (χ1v) is 4.34. The first kappa shape index (κ1) is 9.62. The molecule has 0 spiro atoms. The molecule has 1 heterocycles. The lowest BCUT2D eigenvalue weighted by atomic mass is 10.2. The molecule has 1 rings (SSSR count). The molecule has 0 radical (unpaired) electrons. The molecule has 0 fully saturated rings. The molecule has 13 heavy (non-hydrogen) atoms. The number of hydrogen-bond acceptors (Lipinski definition) is 4. The third-order valence-electron chi connectivity index (χ3n) is 1.48. The molecule has 0 atom stereocenters. The normalized spacial score (nSPS) is 10.2. The van der Waals surface area contributed by atoms with Gasteiger partial charge in [0.1, 0.15) is 11.9 Å². The van der Waals surface area contributed by atoms with Gasteiger partial charge in [0.2, 0.25) is 0 Å². The van der Waals surface area contributed by atoms with Crippen molar-refractivity contribution in [2.45, 2.75) is 0 Å². The Morgan fingerprint density at radius 1 is 1.69 bits per heavy atom. The van der Waals surface area contributed by atoms with Crippen molar-refractivity contribution in [3.05, 3.63) is 29.5 Å². The number of thiol groups is 1. The monoisotopic (exact) mass is 191 g/mol. The van der Waals surface area contributed by atoms with Gasteiger partial charge in [0.05, 0.1) is 5.56 Å². The molecule has 0 aliphatic rings. The molecule has 1 aromatic rings. The van der Waals surface area contributed by atoms with E-state index in [1.54, 1.807) is 12.3 Å². The fraction of sp³-hybridized carbons (Fsp3) is 0.111. The van der Waals surface area contributed by atoms with Gasteiger partial charge in [-0.1, -0.05) is 12.2 Å².